The quantitative estimate of drug-likeness (QED) is 0.677. The van der Waals surface area contributed by atoms with E-state index in [2.05, 4.69) is 31.0 Å². The van der Waals surface area contributed by atoms with Crippen molar-refractivity contribution in [3.05, 3.63) is 0 Å². The predicted molar refractivity (Wildman–Crippen MR) is 55.3 cm³/mol. The number of aliphatic carboxylic acids is 1. The van der Waals surface area contributed by atoms with Crippen LogP contribution in [0.3, 0.4) is 0 Å². The highest BCUT2D eigenvalue weighted by atomic mass is 16.4. The van der Waals surface area contributed by atoms with Crippen LogP contribution in [0.4, 0.5) is 0 Å². The number of nitrogens with zero attached hydrogens (tertiary/aromatic N) is 1. The molecule has 4 nitrogen and oxygen atoms in total. The first-order valence-corrected chi connectivity index (χ1v) is 5.16. The standard InChI is InChI=1S/C10H20N2O2/c1-4-12-6-8(9(13)14)5-11-7-10(12,2)3/h8,11H,4-7H2,1-3H3,(H,13,14). The molecule has 0 radical (unpaired) electrons. The van der Waals surface area contributed by atoms with Gasteiger partial charge in [0, 0.05) is 25.2 Å². The van der Waals surface area contributed by atoms with Crippen molar-refractivity contribution in [2.75, 3.05) is 26.2 Å². The van der Waals surface area contributed by atoms with Gasteiger partial charge in [-0.25, -0.2) is 0 Å². The van der Waals surface area contributed by atoms with Gasteiger partial charge in [-0.3, -0.25) is 9.69 Å². The summed E-state index contributed by atoms with van der Waals surface area (Å²) in [4.78, 5) is 13.1. The van der Waals surface area contributed by atoms with Crippen molar-refractivity contribution in [2.45, 2.75) is 26.3 Å². The van der Waals surface area contributed by atoms with Crippen molar-refractivity contribution >= 4 is 5.97 Å². The van der Waals surface area contributed by atoms with Gasteiger partial charge in [0.25, 0.3) is 0 Å². The molecule has 2 N–H and O–H groups in total. The number of rotatable bonds is 2. The van der Waals surface area contributed by atoms with E-state index in [4.69, 9.17) is 5.11 Å². The topological polar surface area (TPSA) is 52.6 Å². The van der Waals surface area contributed by atoms with E-state index in [0.717, 1.165) is 13.1 Å². The first-order valence-electron chi connectivity index (χ1n) is 5.16. The number of hydrogen-bond acceptors (Lipinski definition) is 3. The van der Waals surface area contributed by atoms with Crippen LogP contribution in [-0.4, -0.2) is 47.7 Å². The van der Waals surface area contributed by atoms with E-state index in [9.17, 15) is 4.79 Å². The van der Waals surface area contributed by atoms with E-state index in [1.54, 1.807) is 0 Å². The summed E-state index contributed by atoms with van der Waals surface area (Å²) < 4.78 is 0. The lowest BCUT2D eigenvalue weighted by Crippen LogP contribution is -2.48. The lowest BCUT2D eigenvalue weighted by molar-refractivity contribution is -0.142. The van der Waals surface area contributed by atoms with Crippen LogP contribution in [0.5, 0.6) is 0 Å². The Balaban J connectivity index is 2.72. The van der Waals surface area contributed by atoms with Crippen molar-refractivity contribution in [3.8, 4) is 0 Å². The molecule has 1 unspecified atom stereocenters. The fraction of sp³-hybridized carbons (Fsp3) is 0.900. The molecular weight excluding hydrogens is 180 g/mol. The fourth-order valence-electron chi connectivity index (χ4n) is 1.96. The summed E-state index contributed by atoms with van der Waals surface area (Å²) in [5.74, 6) is -0.981. The maximum Gasteiger partial charge on any atom is 0.309 e. The second-order valence-electron chi connectivity index (χ2n) is 4.52. The Hall–Kier alpha value is -0.610. The monoisotopic (exact) mass is 200 g/mol. The average molecular weight is 200 g/mol. The Morgan fingerprint density at radius 3 is 2.79 bits per heavy atom. The first-order chi connectivity index (χ1) is 6.47. The predicted octanol–water partition coefficient (Wildman–Crippen LogP) is 0.391. The van der Waals surface area contributed by atoms with Gasteiger partial charge in [0.2, 0.25) is 0 Å². The zero-order valence-electron chi connectivity index (χ0n) is 9.21. The Morgan fingerprint density at radius 2 is 2.29 bits per heavy atom. The molecule has 14 heavy (non-hydrogen) atoms. The smallest absolute Gasteiger partial charge is 0.309 e. The zero-order valence-corrected chi connectivity index (χ0v) is 9.21. The number of carbonyl (C=O) groups is 1. The van der Waals surface area contributed by atoms with Gasteiger partial charge in [0.05, 0.1) is 5.92 Å². The van der Waals surface area contributed by atoms with Crippen LogP contribution in [0.25, 0.3) is 0 Å². The van der Waals surface area contributed by atoms with Gasteiger partial charge in [-0.05, 0) is 20.4 Å². The molecule has 1 aliphatic rings. The molecule has 0 spiro atoms. The zero-order chi connectivity index (χ0) is 10.8. The summed E-state index contributed by atoms with van der Waals surface area (Å²) in [6.07, 6.45) is 0. The summed E-state index contributed by atoms with van der Waals surface area (Å²) in [5.41, 5.74) is 0.0545. The fourth-order valence-corrected chi connectivity index (χ4v) is 1.96. The molecule has 82 valence electrons. The van der Waals surface area contributed by atoms with Gasteiger partial charge in [-0.1, -0.05) is 6.92 Å². The third kappa shape index (κ3) is 2.45. The lowest BCUT2D eigenvalue weighted by Gasteiger charge is -2.36. The van der Waals surface area contributed by atoms with Gasteiger partial charge >= 0.3 is 5.97 Å². The Kier molecular flexibility index (Phi) is 3.50. The molecular formula is C10H20N2O2. The molecule has 1 saturated heterocycles. The molecule has 0 aliphatic carbocycles. The van der Waals surface area contributed by atoms with Crippen molar-refractivity contribution in [1.82, 2.24) is 10.2 Å². The molecule has 0 saturated carbocycles. The van der Waals surface area contributed by atoms with Crippen molar-refractivity contribution in [3.63, 3.8) is 0 Å². The minimum atomic E-state index is -0.700. The molecule has 4 heteroatoms. The lowest BCUT2D eigenvalue weighted by atomic mass is 10.0. The van der Waals surface area contributed by atoms with Gasteiger partial charge < -0.3 is 10.4 Å². The second kappa shape index (κ2) is 4.28. The van der Waals surface area contributed by atoms with Crippen LogP contribution in [-0.2, 0) is 4.79 Å². The minimum absolute atomic E-state index is 0.0545. The maximum atomic E-state index is 10.9. The molecule has 1 heterocycles. The second-order valence-corrected chi connectivity index (χ2v) is 4.52. The summed E-state index contributed by atoms with van der Waals surface area (Å²) in [6.45, 7) is 9.34. The maximum absolute atomic E-state index is 10.9. The normalized spacial score (nSPS) is 28.4. The van der Waals surface area contributed by atoms with Crippen LogP contribution >= 0.6 is 0 Å². The van der Waals surface area contributed by atoms with Crippen molar-refractivity contribution < 1.29 is 9.90 Å². The van der Waals surface area contributed by atoms with Crippen LogP contribution in [0, 0.1) is 5.92 Å². The Labute approximate surface area is 85.3 Å². The number of carboxylic acid groups (broad SMARTS) is 1. The third-order valence-corrected chi connectivity index (χ3v) is 2.98. The van der Waals surface area contributed by atoms with Crippen LogP contribution in [0.15, 0.2) is 0 Å². The van der Waals surface area contributed by atoms with Crippen molar-refractivity contribution in [2.24, 2.45) is 5.92 Å². The van der Waals surface area contributed by atoms with Crippen molar-refractivity contribution in [1.29, 1.82) is 0 Å². The molecule has 1 fully saturated rings. The van der Waals surface area contributed by atoms with Crippen LogP contribution in [0.2, 0.25) is 0 Å². The number of likely N-dealkylation sites (N-methyl/N-ethyl adjacent to an activating group) is 1. The molecule has 1 atom stereocenters. The summed E-state index contributed by atoms with van der Waals surface area (Å²) in [6, 6.07) is 0. The van der Waals surface area contributed by atoms with Crippen LogP contribution < -0.4 is 5.32 Å². The van der Waals surface area contributed by atoms with Gasteiger partial charge in [-0.15, -0.1) is 0 Å². The Bertz CT molecular complexity index is 216. The first kappa shape index (κ1) is 11.5. The van der Waals surface area contributed by atoms with Gasteiger partial charge in [0.15, 0.2) is 0 Å². The summed E-state index contributed by atoms with van der Waals surface area (Å²) in [5, 5.41) is 12.2. The van der Waals surface area contributed by atoms with E-state index < -0.39 is 5.97 Å². The molecule has 1 rings (SSSR count). The molecule has 1 aliphatic heterocycles. The largest absolute Gasteiger partial charge is 0.481 e. The molecule has 0 amide bonds. The molecule has 0 aromatic carbocycles. The highest BCUT2D eigenvalue weighted by Gasteiger charge is 2.33. The average Bonchev–Trinajstić information content (AvgIpc) is 2.23. The van der Waals surface area contributed by atoms with Crippen LogP contribution in [0.1, 0.15) is 20.8 Å². The summed E-state index contributed by atoms with van der Waals surface area (Å²) in [7, 11) is 0. The minimum Gasteiger partial charge on any atom is -0.481 e. The van der Waals surface area contributed by atoms with E-state index in [1.165, 1.54) is 0 Å². The van der Waals surface area contributed by atoms with Gasteiger partial charge in [0.1, 0.15) is 0 Å². The van der Waals surface area contributed by atoms with Gasteiger partial charge in [-0.2, -0.15) is 0 Å². The number of carboxylic acids is 1. The Morgan fingerprint density at radius 1 is 1.64 bits per heavy atom. The SMILES string of the molecule is CCN1CC(C(=O)O)CNCC1(C)C. The molecule has 0 bridgehead atoms. The molecule has 0 aromatic rings. The highest BCUT2D eigenvalue weighted by Crippen LogP contribution is 2.18. The molecule has 0 aromatic heterocycles. The third-order valence-electron chi connectivity index (χ3n) is 2.98. The van der Waals surface area contributed by atoms with E-state index in [0.29, 0.717) is 13.1 Å². The number of hydrogen-bond donors (Lipinski definition) is 2. The highest BCUT2D eigenvalue weighted by molar-refractivity contribution is 5.70. The van der Waals surface area contributed by atoms with E-state index in [-0.39, 0.29) is 11.5 Å². The van der Waals surface area contributed by atoms with E-state index in [1.807, 2.05) is 0 Å². The van der Waals surface area contributed by atoms with E-state index >= 15 is 0 Å². The number of nitrogens with one attached hydrogen (secondary N) is 1. The summed E-state index contributed by atoms with van der Waals surface area (Å²) >= 11 is 0.